The molecule has 1 unspecified atom stereocenters. The third kappa shape index (κ3) is 7.94. The van der Waals surface area contributed by atoms with Crippen LogP contribution in [0.15, 0.2) is 0 Å². The number of hydrogen-bond acceptors (Lipinski definition) is 2. The first-order valence-electron chi connectivity index (χ1n) is 8.83. The van der Waals surface area contributed by atoms with E-state index in [2.05, 4.69) is 24.1 Å². The van der Waals surface area contributed by atoms with Crippen molar-refractivity contribution in [2.75, 3.05) is 26.2 Å². The summed E-state index contributed by atoms with van der Waals surface area (Å²) in [6, 6.07) is 0.814. The number of nitrogens with zero attached hydrogens (tertiary/aromatic N) is 1. The Kier molecular flexibility index (Phi) is 10.5. The van der Waals surface area contributed by atoms with E-state index in [1.807, 2.05) is 0 Å². The minimum Gasteiger partial charge on any atom is -0.315 e. The highest BCUT2D eigenvalue weighted by Gasteiger charge is 2.19. The van der Waals surface area contributed by atoms with E-state index in [-0.39, 0.29) is 0 Å². The van der Waals surface area contributed by atoms with Gasteiger partial charge in [0.05, 0.1) is 0 Å². The Bertz CT molecular complexity index is 188. The first-order valence-corrected chi connectivity index (χ1v) is 8.83. The van der Waals surface area contributed by atoms with Gasteiger partial charge in [-0.1, -0.05) is 52.4 Å². The highest BCUT2D eigenvalue weighted by Crippen LogP contribution is 2.13. The number of rotatable bonds is 11. The van der Waals surface area contributed by atoms with E-state index in [9.17, 15) is 0 Å². The summed E-state index contributed by atoms with van der Waals surface area (Å²) in [6.45, 7) is 9.68. The molecule has 0 aliphatic carbocycles. The van der Waals surface area contributed by atoms with Crippen LogP contribution in [0.2, 0.25) is 0 Å². The summed E-state index contributed by atoms with van der Waals surface area (Å²) in [4.78, 5) is 2.75. The van der Waals surface area contributed by atoms with Crippen molar-refractivity contribution in [2.45, 2.75) is 84.1 Å². The second-order valence-electron chi connectivity index (χ2n) is 6.16. The second kappa shape index (κ2) is 11.7. The Morgan fingerprint density at radius 3 is 2.26 bits per heavy atom. The third-order valence-corrected chi connectivity index (χ3v) is 4.35. The molecule has 1 aliphatic heterocycles. The second-order valence-corrected chi connectivity index (χ2v) is 6.16. The molecule has 0 bridgehead atoms. The Balaban J connectivity index is 2.07. The molecule has 19 heavy (non-hydrogen) atoms. The van der Waals surface area contributed by atoms with Crippen LogP contribution in [-0.2, 0) is 0 Å². The summed E-state index contributed by atoms with van der Waals surface area (Å²) in [5, 5.41) is 3.56. The molecule has 2 heteroatoms. The quantitative estimate of drug-likeness (QED) is 0.565. The third-order valence-electron chi connectivity index (χ3n) is 4.35. The zero-order valence-electron chi connectivity index (χ0n) is 13.4. The van der Waals surface area contributed by atoms with Crippen molar-refractivity contribution in [2.24, 2.45) is 0 Å². The topological polar surface area (TPSA) is 15.3 Å². The first-order chi connectivity index (χ1) is 9.38. The van der Waals surface area contributed by atoms with E-state index in [0.717, 1.165) is 6.04 Å². The molecule has 1 N–H and O–H groups in total. The van der Waals surface area contributed by atoms with Crippen LogP contribution < -0.4 is 5.32 Å². The van der Waals surface area contributed by atoms with Gasteiger partial charge >= 0.3 is 0 Å². The monoisotopic (exact) mass is 268 g/mol. The van der Waals surface area contributed by atoms with Gasteiger partial charge in [-0.15, -0.1) is 0 Å². The Hall–Kier alpha value is -0.0800. The van der Waals surface area contributed by atoms with Gasteiger partial charge in [0.2, 0.25) is 0 Å². The van der Waals surface area contributed by atoms with Crippen molar-refractivity contribution >= 4 is 0 Å². The number of hydrogen-bond donors (Lipinski definition) is 1. The average Bonchev–Trinajstić information content (AvgIpc) is 2.46. The van der Waals surface area contributed by atoms with Crippen LogP contribution in [0.5, 0.6) is 0 Å². The Labute approximate surface area is 121 Å². The molecule has 1 atom stereocenters. The average molecular weight is 268 g/mol. The van der Waals surface area contributed by atoms with Crippen molar-refractivity contribution in [3.63, 3.8) is 0 Å². The molecule has 1 saturated heterocycles. The van der Waals surface area contributed by atoms with E-state index in [1.165, 1.54) is 90.4 Å². The molecule has 0 amide bonds. The molecular formula is C17H36N2. The molecule has 1 rings (SSSR count). The Morgan fingerprint density at radius 1 is 0.895 bits per heavy atom. The van der Waals surface area contributed by atoms with Crippen LogP contribution in [0.4, 0.5) is 0 Å². The fraction of sp³-hybridized carbons (Fsp3) is 1.00. The summed E-state index contributed by atoms with van der Waals surface area (Å²) in [7, 11) is 0. The maximum atomic E-state index is 3.56. The number of nitrogens with one attached hydrogen (secondary N) is 1. The molecule has 0 aromatic carbocycles. The fourth-order valence-electron chi connectivity index (χ4n) is 3.18. The summed E-state index contributed by atoms with van der Waals surface area (Å²) >= 11 is 0. The minimum atomic E-state index is 0.814. The predicted molar refractivity (Wildman–Crippen MR) is 85.7 cm³/mol. The number of unbranched alkanes of at least 4 members (excludes halogenated alkanes) is 6. The zero-order chi connectivity index (χ0) is 13.8. The summed E-state index contributed by atoms with van der Waals surface area (Å²) < 4.78 is 0. The van der Waals surface area contributed by atoms with Gasteiger partial charge in [-0.2, -0.15) is 0 Å². The minimum absolute atomic E-state index is 0.814. The molecule has 0 aromatic heterocycles. The van der Waals surface area contributed by atoms with Crippen molar-refractivity contribution in [3.8, 4) is 0 Å². The van der Waals surface area contributed by atoms with Gasteiger partial charge in [-0.05, 0) is 45.3 Å². The lowest BCUT2D eigenvalue weighted by atomic mass is 10.0. The lowest BCUT2D eigenvalue weighted by Crippen LogP contribution is -2.46. The summed E-state index contributed by atoms with van der Waals surface area (Å²) in [5.41, 5.74) is 0. The van der Waals surface area contributed by atoms with E-state index in [1.54, 1.807) is 0 Å². The molecule has 0 radical (unpaired) electrons. The van der Waals surface area contributed by atoms with E-state index in [4.69, 9.17) is 0 Å². The Morgan fingerprint density at radius 2 is 1.63 bits per heavy atom. The van der Waals surface area contributed by atoms with Gasteiger partial charge in [0.25, 0.3) is 0 Å². The largest absolute Gasteiger partial charge is 0.315 e. The lowest BCUT2D eigenvalue weighted by Gasteiger charge is -2.34. The van der Waals surface area contributed by atoms with Crippen molar-refractivity contribution in [1.29, 1.82) is 0 Å². The SMILES string of the molecule is CCCCCCCCCN(CCC)C1CCCNC1. The highest BCUT2D eigenvalue weighted by molar-refractivity contribution is 4.78. The van der Waals surface area contributed by atoms with Crippen molar-refractivity contribution in [3.05, 3.63) is 0 Å². The fourth-order valence-corrected chi connectivity index (χ4v) is 3.18. The van der Waals surface area contributed by atoms with Crippen molar-refractivity contribution in [1.82, 2.24) is 10.2 Å². The first kappa shape index (κ1) is 17.0. The molecule has 0 saturated carbocycles. The van der Waals surface area contributed by atoms with Crippen LogP contribution in [0, 0.1) is 0 Å². The van der Waals surface area contributed by atoms with Crippen molar-refractivity contribution < 1.29 is 0 Å². The van der Waals surface area contributed by atoms with Gasteiger partial charge in [0.15, 0.2) is 0 Å². The molecule has 1 fully saturated rings. The molecule has 0 spiro atoms. The van der Waals surface area contributed by atoms with Crippen LogP contribution in [-0.4, -0.2) is 37.1 Å². The molecule has 1 heterocycles. The van der Waals surface area contributed by atoms with Crippen LogP contribution >= 0.6 is 0 Å². The van der Waals surface area contributed by atoms with Gasteiger partial charge in [0, 0.05) is 12.6 Å². The highest BCUT2D eigenvalue weighted by atomic mass is 15.2. The molecule has 114 valence electrons. The van der Waals surface area contributed by atoms with E-state index in [0.29, 0.717) is 0 Å². The molecule has 2 nitrogen and oxygen atoms in total. The molecule has 0 aromatic rings. The summed E-state index contributed by atoms with van der Waals surface area (Å²) in [6.07, 6.45) is 14.0. The maximum absolute atomic E-state index is 3.56. The van der Waals surface area contributed by atoms with Gasteiger partial charge in [-0.3, -0.25) is 4.90 Å². The number of piperidine rings is 1. The van der Waals surface area contributed by atoms with Crippen LogP contribution in [0.25, 0.3) is 0 Å². The molecule has 1 aliphatic rings. The van der Waals surface area contributed by atoms with Gasteiger partial charge < -0.3 is 5.32 Å². The van der Waals surface area contributed by atoms with Crippen LogP contribution in [0.3, 0.4) is 0 Å². The maximum Gasteiger partial charge on any atom is 0.0221 e. The van der Waals surface area contributed by atoms with Gasteiger partial charge in [0.1, 0.15) is 0 Å². The standard InChI is InChI=1S/C17H36N2/c1-3-5-6-7-8-9-10-15-19(14-4-2)17-12-11-13-18-16-17/h17-18H,3-16H2,1-2H3. The van der Waals surface area contributed by atoms with E-state index >= 15 is 0 Å². The summed E-state index contributed by atoms with van der Waals surface area (Å²) in [5.74, 6) is 0. The lowest BCUT2D eigenvalue weighted by molar-refractivity contribution is 0.162. The van der Waals surface area contributed by atoms with Crippen LogP contribution in [0.1, 0.15) is 78.1 Å². The smallest absolute Gasteiger partial charge is 0.0221 e. The molecular weight excluding hydrogens is 232 g/mol. The zero-order valence-corrected chi connectivity index (χ0v) is 13.4. The van der Waals surface area contributed by atoms with Gasteiger partial charge in [-0.25, -0.2) is 0 Å². The normalized spacial score (nSPS) is 20.1. The van der Waals surface area contributed by atoms with E-state index < -0.39 is 0 Å². The predicted octanol–water partition coefficient (Wildman–Crippen LogP) is 4.20.